The van der Waals surface area contributed by atoms with E-state index in [9.17, 15) is 48.5 Å². The fourth-order valence-electron chi connectivity index (χ4n) is 6.61. The number of nitrogens with one attached hydrogen (secondary N) is 1. The van der Waals surface area contributed by atoms with E-state index in [1.807, 2.05) is 0 Å². The van der Waals surface area contributed by atoms with Crippen LogP contribution in [0.3, 0.4) is 0 Å². The van der Waals surface area contributed by atoms with Gasteiger partial charge in [-0.25, -0.2) is 0 Å². The lowest BCUT2D eigenvalue weighted by Gasteiger charge is -2.22. The summed E-state index contributed by atoms with van der Waals surface area (Å²) in [5.41, 5.74) is 3.61. The lowest BCUT2D eigenvalue weighted by molar-refractivity contribution is -0.137. The zero-order chi connectivity index (χ0) is 54.1. The predicted molar refractivity (Wildman–Crippen MR) is 250 cm³/mol. The molecule has 0 spiro atoms. The Morgan fingerprint density at radius 2 is 1.17 bits per heavy atom. The molecule has 0 fully saturated rings. The number of aliphatic carboxylic acids is 1. The molecule has 1 aliphatic carbocycles. The Hall–Kier alpha value is -7.10. The number of benzene rings is 5. The van der Waals surface area contributed by atoms with Gasteiger partial charge in [0.1, 0.15) is 16.2 Å². The Labute approximate surface area is 414 Å². The topological polar surface area (TPSA) is 412 Å². The van der Waals surface area contributed by atoms with Gasteiger partial charge in [0.05, 0.1) is 15.1 Å². The molecule has 386 valence electrons. The maximum atomic E-state index is 13.9. The van der Waals surface area contributed by atoms with Gasteiger partial charge in [0, 0.05) is 73.0 Å². The smallest absolute Gasteiger partial charge is 0.425 e. The maximum absolute atomic E-state index is 13.9. The number of rotatable bonds is 16. The van der Waals surface area contributed by atoms with E-state index >= 15 is 0 Å². The molecule has 1 amide bonds. The highest BCUT2D eigenvalue weighted by Gasteiger charge is 2.26. The first-order valence-corrected chi connectivity index (χ1v) is 27.1. The van der Waals surface area contributed by atoms with Crippen molar-refractivity contribution >= 4 is 90.7 Å². The lowest BCUT2D eigenvalue weighted by atomic mass is 9.90. The summed E-state index contributed by atoms with van der Waals surface area (Å²) in [7, 11) is -21.4. The van der Waals surface area contributed by atoms with Crippen LogP contribution in [0.5, 0.6) is 0 Å². The first kappa shape index (κ1) is 59.2. The largest absolute Gasteiger partial charge is 0.481 e. The van der Waals surface area contributed by atoms with Gasteiger partial charge in [-0.2, -0.15) is 25.3 Å². The summed E-state index contributed by atoms with van der Waals surface area (Å²) in [5, 5.41) is 12.8. The molecular formula is C41H39N3O22S6. The number of amides is 1. The predicted octanol–water partition coefficient (Wildman–Crippen LogP) is 2.67. The molecule has 4 aromatic carbocycles. The fourth-order valence-corrected chi connectivity index (χ4v) is 8.23. The molecule has 6 rings (SSSR count). The van der Waals surface area contributed by atoms with Gasteiger partial charge in [-0.05, 0) is 84.5 Å². The second-order valence-corrected chi connectivity index (χ2v) is 19.9. The van der Waals surface area contributed by atoms with Crippen molar-refractivity contribution in [3.63, 3.8) is 0 Å². The minimum Gasteiger partial charge on any atom is -0.481 e. The quantitative estimate of drug-likeness (QED) is 0.0687. The van der Waals surface area contributed by atoms with Crippen LogP contribution >= 0.6 is 0 Å². The average Bonchev–Trinajstić information content (AvgIpc) is 3.26. The van der Waals surface area contributed by atoms with Gasteiger partial charge in [-0.1, -0.05) is 42.5 Å². The molecule has 72 heavy (non-hydrogen) atoms. The van der Waals surface area contributed by atoms with Crippen molar-refractivity contribution in [1.82, 2.24) is 4.90 Å². The van der Waals surface area contributed by atoms with Crippen LogP contribution in [0.15, 0.2) is 127 Å². The van der Waals surface area contributed by atoms with E-state index in [-0.39, 0.29) is 64.4 Å². The second-order valence-electron chi connectivity index (χ2n) is 14.4. The normalized spacial score (nSPS) is 11.4. The minimum atomic E-state index is -4.91. The molecule has 0 saturated carbocycles. The van der Waals surface area contributed by atoms with Crippen molar-refractivity contribution in [2.45, 2.75) is 40.4 Å². The van der Waals surface area contributed by atoms with Gasteiger partial charge in [-0.3, -0.25) is 28.2 Å². The SMILES string of the molecule is CN(CCCC(=O)O)C(=O)c1ccccc1-c1c2cc(S(=O)(=O)O)c(=NCCc3ccc(S(=O)(=O)O)cc3)cc-2oc2cc(NCCc3ccc(S(=O)(=O)O)cc3)ccc12.O=S(=O)=O.O=S(=O)=O.O=S(=O)=O. The number of carbonyl (C=O) groups is 2. The van der Waals surface area contributed by atoms with Crippen LogP contribution in [0, 0.1) is 0 Å². The van der Waals surface area contributed by atoms with E-state index in [0.717, 1.165) is 5.56 Å². The van der Waals surface area contributed by atoms with Gasteiger partial charge in [0.15, 0.2) is 0 Å². The van der Waals surface area contributed by atoms with Crippen molar-refractivity contribution in [1.29, 1.82) is 0 Å². The number of carboxylic acids is 1. The molecule has 2 aliphatic rings. The van der Waals surface area contributed by atoms with Crippen LogP contribution in [0.1, 0.15) is 34.3 Å². The zero-order valence-corrected chi connectivity index (χ0v) is 41.6. The summed E-state index contributed by atoms with van der Waals surface area (Å²) < 4.78 is 183. The number of hydrogen-bond acceptors (Lipinski definition) is 20. The van der Waals surface area contributed by atoms with E-state index in [0.29, 0.717) is 46.3 Å². The van der Waals surface area contributed by atoms with Crippen LogP contribution in [-0.4, -0.2) is 125 Å². The molecule has 31 heteroatoms. The van der Waals surface area contributed by atoms with Crippen molar-refractivity contribution in [2.75, 3.05) is 32.0 Å². The van der Waals surface area contributed by atoms with Gasteiger partial charge in [0.2, 0.25) is 0 Å². The van der Waals surface area contributed by atoms with E-state index in [1.54, 1.807) is 61.6 Å². The van der Waals surface area contributed by atoms with Crippen LogP contribution in [-0.2, 0) is 79.8 Å². The molecule has 4 aromatic rings. The first-order chi connectivity index (χ1) is 33.5. The summed E-state index contributed by atoms with van der Waals surface area (Å²) in [5.74, 6) is -1.28. The number of anilines is 1. The van der Waals surface area contributed by atoms with Crippen LogP contribution < -0.4 is 10.7 Å². The number of carboxylic acid groups (broad SMARTS) is 1. The van der Waals surface area contributed by atoms with Gasteiger partial charge < -0.3 is 19.7 Å². The average molecular weight is 1120 g/mol. The summed E-state index contributed by atoms with van der Waals surface area (Å²) in [4.78, 5) is 29.9. The molecule has 0 unspecified atom stereocenters. The molecule has 25 nitrogen and oxygen atoms in total. The lowest BCUT2D eigenvalue weighted by Crippen LogP contribution is -2.28. The third kappa shape index (κ3) is 18.9. The Morgan fingerprint density at radius 3 is 1.67 bits per heavy atom. The van der Waals surface area contributed by atoms with Crippen molar-refractivity contribution in [3.05, 3.63) is 125 Å². The number of hydrogen-bond donors (Lipinski definition) is 5. The highest BCUT2D eigenvalue weighted by atomic mass is 32.2. The first-order valence-electron chi connectivity index (χ1n) is 19.8. The second kappa shape index (κ2) is 26.4. The third-order valence-corrected chi connectivity index (χ3v) is 12.2. The summed E-state index contributed by atoms with van der Waals surface area (Å²) >= 11 is 0. The van der Waals surface area contributed by atoms with Gasteiger partial charge in [-0.15, -0.1) is 37.9 Å². The monoisotopic (exact) mass is 1120 g/mol. The number of nitrogens with zero attached hydrogens (tertiary/aromatic N) is 2. The summed E-state index contributed by atoms with van der Waals surface area (Å²) in [6.45, 7) is 0.549. The molecule has 1 aliphatic heterocycles. The highest BCUT2D eigenvalue weighted by molar-refractivity contribution is 7.86. The van der Waals surface area contributed by atoms with Crippen LogP contribution in [0.25, 0.3) is 33.4 Å². The zero-order valence-electron chi connectivity index (χ0n) is 36.7. The minimum absolute atomic E-state index is 0.00214. The Balaban J connectivity index is 0.00000103. The summed E-state index contributed by atoms with van der Waals surface area (Å²) in [6, 6.07) is 25.6. The van der Waals surface area contributed by atoms with E-state index in [1.165, 1.54) is 53.4 Å². The molecule has 0 radical (unpaired) electrons. The third-order valence-electron chi connectivity index (χ3n) is 9.60. The van der Waals surface area contributed by atoms with Crippen LogP contribution in [0.2, 0.25) is 0 Å². The molecule has 5 N–H and O–H groups in total. The number of fused-ring (bicyclic) bond motifs is 2. The summed E-state index contributed by atoms with van der Waals surface area (Å²) in [6.07, 6.45) is 0.774. The molecule has 0 aromatic heterocycles. The van der Waals surface area contributed by atoms with E-state index < -0.39 is 79.0 Å². The standard InChI is InChI=1S/C41H39N3O13S3.3O3S/c1-44(22-4-7-39(45)46)41(47)32-6-3-2-5-31(32)40-33-17-12-28(42-20-18-26-8-13-29(14-9-26)58(48,49)50)23-36(33)57-37-25-35(38(24-34(37)40)60(54,55)56)43-21-19-27-10-15-30(16-11-27)59(51,52)53;3*1-4(2)3/h2-3,5-6,8-17,23-25,42H,4,7,18-22H2,1H3,(H,45,46)(H,48,49,50)(H,51,52,53)(H,54,55,56);;;. The fraction of sp³-hybridized carbons (Fsp3) is 0.195. The Bertz CT molecular complexity index is 3620. The molecule has 0 atom stereocenters. The van der Waals surface area contributed by atoms with E-state index in [4.69, 9.17) is 47.4 Å². The molecule has 0 saturated heterocycles. The van der Waals surface area contributed by atoms with Gasteiger partial charge in [0.25, 0.3) is 36.3 Å². The maximum Gasteiger partial charge on any atom is 0.425 e. The van der Waals surface area contributed by atoms with Crippen molar-refractivity contribution in [2.24, 2.45) is 4.99 Å². The molecular weight excluding hydrogens is 1080 g/mol. The van der Waals surface area contributed by atoms with E-state index in [2.05, 4.69) is 10.3 Å². The van der Waals surface area contributed by atoms with Crippen molar-refractivity contribution in [3.8, 4) is 22.5 Å². The van der Waals surface area contributed by atoms with Crippen LogP contribution in [0.4, 0.5) is 5.69 Å². The molecule has 0 bridgehead atoms. The van der Waals surface area contributed by atoms with Crippen molar-refractivity contribution < 1.29 is 95.9 Å². The molecule has 1 heterocycles. The number of carbonyl (C=O) groups excluding carboxylic acids is 1. The van der Waals surface area contributed by atoms with Gasteiger partial charge >= 0.3 is 37.8 Å². The Kier molecular flexibility index (Phi) is 21.7. The Morgan fingerprint density at radius 1 is 0.653 bits per heavy atom. The highest BCUT2D eigenvalue weighted by Crippen LogP contribution is 2.43.